The van der Waals surface area contributed by atoms with E-state index in [1.54, 1.807) is 25.1 Å². The lowest BCUT2D eigenvalue weighted by Crippen LogP contribution is -2.16. The molecule has 0 fully saturated rings. The molecule has 0 aliphatic rings. The van der Waals surface area contributed by atoms with Gasteiger partial charge in [-0.25, -0.2) is 13.1 Å². The number of tetrazole rings is 1. The zero-order valence-corrected chi connectivity index (χ0v) is 11.3. The van der Waals surface area contributed by atoms with Gasteiger partial charge < -0.3 is 5.73 Å². The molecule has 0 radical (unpaired) electrons. The summed E-state index contributed by atoms with van der Waals surface area (Å²) in [4.78, 5) is 0. The first-order valence-corrected chi connectivity index (χ1v) is 7.66. The Hall–Kier alpha value is -1.96. The third-order valence-electron chi connectivity index (χ3n) is 2.73. The summed E-state index contributed by atoms with van der Waals surface area (Å²) < 4.78 is 24.5. The SMILES string of the molecule is CCS(=O)(=O)CCn1nnnc1-c1cccc(N)c1. The molecule has 19 heavy (non-hydrogen) atoms. The zero-order valence-electron chi connectivity index (χ0n) is 10.5. The molecule has 7 nitrogen and oxygen atoms in total. The number of nitrogen functional groups attached to an aromatic ring is 1. The topological polar surface area (TPSA) is 104 Å². The van der Waals surface area contributed by atoms with Gasteiger partial charge in [-0.1, -0.05) is 19.1 Å². The molecule has 2 N–H and O–H groups in total. The van der Waals surface area contributed by atoms with Crippen LogP contribution in [0.1, 0.15) is 6.92 Å². The summed E-state index contributed by atoms with van der Waals surface area (Å²) in [6.07, 6.45) is 0. The van der Waals surface area contributed by atoms with Gasteiger partial charge in [0.05, 0.1) is 12.3 Å². The number of rotatable bonds is 5. The molecule has 0 atom stereocenters. The van der Waals surface area contributed by atoms with Gasteiger partial charge >= 0.3 is 0 Å². The molecule has 1 heterocycles. The maximum Gasteiger partial charge on any atom is 0.182 e. The molecule has 1 aromatic carbocycles. The van der Waals surface area contributed by atoms with Crippen LogP contribution in [0.3, 0.4) is 0 Å². The van der Waals surface area contributed by atoms with Gasteiger partial charge in [-0.3, -0.25) is 0 Å². The lowest BCUT2D eigenvalue weighted by Gasteiger charge is -2.05. The first-order chi connectivity index (χ1) is 9.02. The highest BCUT2D eigenvalue weighted by molar-refractivity contribution is 7.91. The normalized spacial score (nSPS) is 11.6. The molecule has 102 valence electrons. The Morgan fingerprint density at radius 3 is 2.84 bits per heavy atom. The van der Waals surface area contributed by atoms with Crippen molar-refractivity contribution in [1.82, 2.24) is 20.2 Å². The van der Waals surface area contributed by atoms with E-state index in [4.69, 9.17) is 5.73 Å². The van der Waals surface area contributed by atoms with E-state index < -0.39 is 9.84 Å². The van der Waals surface area contributed by atoms with E-state index in [0.29, 0.717) is 11.5 Å². The van der Waals surface area contributed by atoms with Crippen LogP contribution in [-0.4, -0.2) is 40.1 Å². The van der Waals surface area contributed by atoms with Crippen molar-refractivity contribution in [2.75, 3.05) is 17.2 Å². The Labute approximate surface area is 111 Å². The van der Waals surface area contributed by atoms with E-state index in [1.165, 1.54) is 4.68 Å². The van der Waals surface area contributed by atoms with Crippen LogP contribution >= 0.6 is 0 Å². The summed E-state index contributed by atoms with van der Waals surface area (Å²) in [5, 5.41) is 11.3. The number of aryl methyl sites for hydroxylation is 1. The van der Waals surface area contributed by atoms with E-state index in [0.717, 1.165) is 5.56 Å². The molecule has 0 bridgehead atoms. The summed E-state index contributed by atoms with van der Waals surface area (Å²) in [5.41, 5.74) is 7.07. The minimum Gasteiger partial charge on any atom is -0.399 e. The van der Waals surface area contributed by atoms with Gasteiger partial charge in [0.2, 0.25) is 0 Å². The van der Waals surface area contributed by atoms with Gasteiger partial charge in [0, 0.05) is 17.0 Å². The van der Waals surface area contributed by atoms with Gasteiger partial charge in [0.15, 0.2) is 15.7 Å². The van der Waals surface area contributed by atoms with Crippen molar-refractivity contribution in [2.45, 2.75) is 13.5 Å². The summed E-state index contributed by atoms with van der Waals surface area (Å²) >= 11 is 0. The Morgan fingerprint density at radius 1 is 1.37 bits per heavy atom. The second-order valence-corrected chi connectivity index (χ2v) is 6.56. The van der Waals surface area contributed by atoms with E-state index in [2.05, 4.69) is 15.5 Å². The molecule has 0 aliphatic carbocycles. The summed E-state index contributed by atoms with van der Waals surface area (Å²) in [6, 6.07) is 7.13. The van der Waals surface area contributed by atoms with Crippen LogP contribution in [0.4, 0.5) is 5.69 Å². The Morgan fingerprint density at radius 2 is 2.16 bits per heavy atom. The van der Waals surface area contributed by atoms with Crippen molar-refractivity contribution in [3.63, 3.8) is 0 Å². The standard InChI is InChI=1S/C11H15N5O2S/c1-2-19(17,18)7-6-16-11(13-14-15-16)9-4-3-5-10(12)8-9/h3-5,8H,2,6-7,12H2,1H3. The lowest BCUT2D eigenvalue weighted by molar-refractivity contribution is 0.577. The van der Waals surface area contributed by atoms with Gasteiger partial charge in [0.1, 0.15) is 0 Å². The summed E-state index contributed by atoms with van der Waals surface area (Å²) in [5.74, 6) is 0.644. The highest BCUT2D eigenvalue weighted by atomic mass is 32.2. The van der Waals surface area contributed by atoms with Crippen LogP contribution in [0, 0.1) is 0 Å². The van der Waals surface area contributed by atoms with E-state index in [1.807, 2.05) is 6.07 Å². The largest absolute Gasteiger partial charge is 0.399 e. The zero-order chi connectivity index (χ0) is 13.9. The smallest absolute Gasteiger partial charge is 0.182 e. The number of anilines is 1. The average Bonchev–Trinajstić information content (AvgIpc) is 2.85. The fourth-order valence-corrected chi connectivity index (χ4v) is 2.35. The second kappa shape index (κ2) is 5.35. The van der Waals surface area contributed by atoms with Crippen LogP contribution in [0.25, 0.3) is 11.4 Å². The Balaban J connectivity index is 2.23. The maximum atomic E-state index is 11.5. The number of aromatic nitrogens is 4. The Bertz CT molecular complexity index is 665. The van der Waals surface area contributed by atoms with Crippen LogP contribution < -0.4 is 5.73 Å². The van der Waals surface area contributed by atoms with Gasteiger partial charge in [-0.05, 0) is 22.6 Å². The predicted molar refractivity (Wildman–Crippen MR) is 72.0 cm³/mol. The highest BCUT2D eigenvalue weighted by Crippen LogP contribution is 2.18. The number of benzene rings is 1. The van der Waals surface area contributed by atoms with Crippen molar-refractivity contribution in [3.05, 3.63) is 24.3 Å². The molecule has 0 aliphatic heterocycles. The number of nitrogens with zero attached hydrogens (tertiary/aromatic N) is 4. The monoisotopic (exact) mass is 281 g/mol. The lowest BCUT2D eigenvalue weighted by atomic mass is 10.2. The average molecular weight is 281 g/mol. The number of sulfone groups is 1. The second-order valence-electron chi connectivity index (χ2n) is 4.09. The first-order valence-electron chi connectivity index (χ1n) is 5.84. The van der Waals surface area contributed by atoms with Gasteiger partial charge in [-0.15, -0.1) is 5.10 Å². The number of hydrogen-bond donors (Lipinski definition) is 1. The van der Waals surface area contributed by atoms with Crippen LogP contribution in [0.15, 0.2) is 24.3 Å². The molecular weight excluding hydrogens is 266 g/mol. The molecule has 0 spiro atoms. The molecule has 8 heteroatoms. The molecule has 2 aromatic rings. The minimum atomic E-state index is -3.04. The van der Waals surface area contributed by atoms with Crippen molar-refractivity contribution >= 4 is 15.5 Å². The molecule has 1 aromatic heterocycles. The van der Waals surface area contributed by atoms with Crippen LogP contribution in [0.5, 0.6) is 0 Å². The highest BCUT2D eigenvalue weighted by Gasteiger charge is 2.13. The van der Waals surface area contributed by atoms with Gasteiger partial charge in [0.25, 0.3) is 0 Å². The summed E-state index contributed by atoms with van der Waals surface area (Å²) in [6.45, 7) is 1.85. The molecule has 0 amide bonds. The minimum absolute atomic E-state index is 0.0177. The number of hydrogen-bond acceptors (Lipinski definition) is 6. The van der Waals surface area contributed by atoms with Crippen molar-refractivity contribution < 1.29 is 8.42 Å². The van der Waals surface area contributed by atoms with Crippen molar-refractivity contribution in [1.29, 1.82) is 0 Å². The molecule has 0 saturated carbocycles. The van der Waals surface area contributed by atoms with E-state index >= 15 is 0 Å². The predicted octanol–water partition coefficient (Wildman–Crippen LogP) is 0.357. The molecule has 2 rings (SSSR count). The summed E-state index contributed by atoms with van der Waals surface area (Å²) in [7, 11) is -3.04. The molecular formula is C11H15N5O2S. The van der Waals surface area contributed by atoms with Crippen LogP contribution in [-0.2, 0) is 16.4 Å². The third kappa shape index (κ3) is 3.28. The molecule has 0 unspecified atom stereocenters. The van der Waals surface area contributed by atoms with Crippen molar-refractivity contribution in [2.24, 2.45) is 0 Å². The number of nitrogens with two attached hydrogens (primary N) is 1. The van der Waals surface area contributed by atoms with Crippen molar-refractivity contribution in [3.8, 4) is 11.4 Å². The molecule has 0 saturated heterocycles. The van der Waals surface area contributed by atoms with Gasteiger partial charge in [-0.2, -0.15) is 0 Å². The first kappa shape index (κ1) is 13.5. The van der Waals surface area contributed by atoms with Crippen LogP contribution in [0.2, 0.25) is 0 Å². The Kier molecular flexibility index (Phi) is 3.79. The van der Waals surface area contributed by atoms with E-state index in [-0.39, 0.29) is 18.1 Å². The van der Waals surface area contributed by atoms with E-state index in [9.17, 15) is 8.42 Å². The maximum absolute atomic E-state index is 11.5. The fraction of sp³-hybridized carbons (Fsp3) is 0.364. The third-order valence-corrected chi connectivity index (χ3v) is 4.41. The quantitative estimate of drug-likeness (QED) is 0.793. The fourth-order valence-electron chi connectivity index (χ4n) is 1.61.